The molecule has 1 saturated heterocycles. The van der Waals surface area contributed by atoms with Gasteiger partial charge in [-0.05, 0) is 42.0 Å². The number of carbonyl (C=O) groups is 1. The van der Waals surface area contributed by atoms with E-state index in [2.05, 4.69) is 41.1 Å². The van der Waals surface area contributed by atoms with Gasteiger partial charge in [0.1, 0.15) is 5.75 Å². The summed E-state index contributed by atoms with van der Waals surface area (Å²) in [6.07, 6.45) is 2.70. The molecule has 1 unspecified atom stereocenters. The molecule has 1 aliphatic rings. The van der Waals surface area contributed by atoms with Crippen LogP contribution in [0.3, 0.4) is 0 Å². The van der Waals surface area contributed by atoms with Crippen molar-refractivity contribution in [1.82, 2.24) is 9.88 Å². The molecule has 0 saturated carbocycles. The summed E-state index contributed by atoms with van der Waals surface area (Å²) in [5.41, 5.74) is 6.93. The average Bonchev–Trinajstić information content (AvgIpc) is 3.08. The Morgan fingerprint density at radius 1 is 1.19 bits per heavy atom. The number of ether oxygens (including phenoxy) is 1. The van der Waals surface area contributed by atoms with Gasteiger partial charge in [-0.1, -0.05) is 37.3 Å². The summed E-state index contributed by atoms with van der Waals surface area (Å²) in [5, 5.41) is 2.26. The van der Waals surface area contributed by atoms with E-state index in [9.17, 15) is 4.79 Å². The van der Waals surface area contributed by atoms with Crippen LogP contribution >= 0.6 is 0 Å². The first kappa shape index (κ1) is 17.5. The van der Waals surface area contributed by atoms with Crippen LogP contribution in [-0.4, -0.2) is 28.9 Å². The summed E-state index contributed by atoms with van der Waals surface area (Å²) >= 11 is 0. The summed E-state index contributed by atoms with van der Waals surface area (Å²) in [7, 11) is 0. The number of rotatable bonds is 5. The zero-order valence-corrected chi connectivity index (χ0v) is 15.4. The number of hydrogen-bond donors (Lipinski definition) is 1. The van der Waals surface area contributed by atoms with Crippen LogP contribution in [0.1, 0.15) is 29.3 Å². The molecule has 0 aliphatic carbocycles. The minimum absolute atomic E-state index is 0.363. The van der Waals surface area contributed by atoms with Crippen molar-refractivity contribution in [2.24, 2.45) is 11.7 Å². The first-order chi connectivity index (χ1) is 13.1. The van der Waals surface area contributed by atoms with E-state index in [1.807, 2.05) is 12.1 Å². The Labute approximate surface area is 158 Å². The minimum atomic E-state index is -0.500. The molecular weight excluding hydrogens is 338 g/mol. The standard InChI is InChI=1S/C22H23N3O2/c1-15-10-11-25(13-15)14-17-4-2-6-19-18(17)5-3-7-20(19)27-21-9-8-16(12-24-21)22(23)26/h2-9,12,15H,10-11,13-14H2,1H3,(H2,23,26). The molecule has 1 atom stereocenters. The maximum absolute atomic E-state index is 11.2. The molecule has 0 spiro atoms. The zero-order valence-electron chi connectivity index (χ0n) is 15.4. The fourth-order valence-corrected chi connectivity index (χ4v) is 3.68. The van der Waals surface area contributed by atoms with Crippen molar-refractivity contribution in [3.8, 4) is 11.6 Å². The molecule has 1 amide bonds. The average molecular weight is 361 g/mol. The van der Waals surface area contributed by atoms with E-state index in [-0.39, 0.29) is 0 Å². The molecule has 2 heterocycles. The van der Waals surface area contributed by atoms with Crippen LogP contribution in [0.25, 0.3) is 10.8 Å². The van der Waals surface area contributed by atoms with Gasteiger partial charge < -0.3 is 10.5 Å². The Hall–Kier alpha value is -2.92. The fraction of sp³-hybridized carbons (Fsp3) is 0.273. The summed E-state index contributed by atoms with van der Waals surface area (Å²) in [5.74, 6) is 1.46. The predicted octanol–water partition coefficient (Wildman–Crippen LogP) is 3.97. The Morgan fingerprint density at radius 3 is 2.70 bits per heavy atom. The van der Waals surface area contributed by atoms with Crippen LogP contribution in [-0.2, 0) is 6.54 Å². The van der Waals surface area contributed by atoms with E-state index >= 15 is 0 Å². The van der Waals surface area contributed by atoms with Gasteiger partial charge >= 0.3 is 0 Å². The molecule has 5 heteroatoms. The lowest BCUT2D eigenvalue weighted by Crippen LogP contribution is -2.19. The Kier molecular flexibility index (Phi) is 4.77. The van der Waals surface area contributed by atoms with E-state index in [4.69, 9.17) is 10.5 Å². The van der Waals surface area contributed by atoms with Crippen LogP contribution in [0.4, 0.5) is 0 Å². The number of likely N-dealkylation sites (tertiary alicyclic amines) is 1. The fourth-order valence-electron chi connectivity index (χ4n) is 3.68. The number of hydrogen-bond acceptors (Lipinski definition) is 4. The highest BCUT2D eigenvalue weighted by Gasteiger charge is 2.19. The third kappa shape index (κ3) is 3.78. The lowest BCUT2D eigenvalue weighted by Gasteiger charge is -2.17. The monoisotopic (exact) mass is 361 g/mol. The number of benzene rings is 2. The Balaban J connectivity index is 1.62. The minimum Gasteiger partial charge on any atom is -0.438 e. The van der Waals surface area contributed by atoms with E-state index in [1.165, 1.54) is 23.6 Å². The predicted molar refractivity (Wildman–Crippen MR) is 106 cm³/mol. The molecular formula is C22H23N3O2. The smallest absolute Gasteiger partial charge is 0.250 e. The van der Waals surface area contributed by atoms with Crippen molar-refractivity contribution in [3.05, 3.63) is 65.9 Å². The Bertz CT molecular complexity index is 969. The van der Waals surface area contributed by atoms with Crippen molar-refractivity contribution < 1.29 is 9.53 Å². The topological polar surface area (TPSA) is 68.5 Å². The highest BCUT2D eigenvalue weighted by molar-refractivity contribution is 5.92. The first-order valence-corrected chi connectivity index (χ1v) is 9.27. The third-order valence-electron chi connectivity index (χ3n) is 5.11. The van der Waals surface area contributed by atoms with Gasteiger partial charge in [0, 0.05) is 30.7 Å². The molecule has 0 radical (unpaired) electrons. The molecule has 1 fully saturated rings. The Morgan fingerprint density at radius 2 is 2.00 bits per heavy atom. The van der Waals surface area contributed by atoms with Crippen molar-refractivity contribution in [1.29, 1.82) is 0 Å². The number of nitrogens with two attached hydrogens (primary N) is 1. The molecule has 5 nitrogen and oxygen atoms in total. The van der Waals surface area contributed by atoms with Gasteiger partial charge in [-0.25, -0.2) is 4.98 Å². The number of amides is 1. The second-order valence-corrected chi connectivity index (χ2v) is 7.25. The summed E-state index contributed by atoms with van der Waals surface area (Å²) in [6, 6.07) is 15.7. The number of nitrogens with zero attached hydrogens (tertiary/aromatic N) is 2. The molecule has 4 rings (SSSR count). The molecule has 27 heavy (non-hydrogen) atoms. The van der Waals surface area contributed by atoms with Crippen LogP contribution < -0.4 is 10.5 Å². The van der Waals surface area contributed by atoms with E-state index in [1.54, 1.807) is 12.1 Å². The van der Waals surface area contributed by atoms with Crippen LogP contribution in [0, 0.1) is 5.92 Å². The van der Waals surface area contributed by atoms with Gasteiger partial charge in [-0.3, -0.25) is 9.69 Å². The summed E-state index contributed by atoms with van der Waals surface area (Å²) in [4.78, 5) is 17.9. The summed E-state index contributed by atoms with van der Waals surface area (Å²) < 4.78 is 5.99. The van der Waals surface area contributed by atoms with Crippen molar-refractivity contribution >= 4 is 16.7 Å². The number of fused-ring (bicyclic) bond motifs is 1. The number of primary amides is 1. The van der Waals surface area contributed by atoms with E-state index in [0.717, 1.165) is 36.7 Å². The normalized spacial score (nSPS) is 17.3. The van der Waals surface area contributed by atoms with Crippen LogP contribution in [0.5, 0.6) is 11.6 Å². The quantitative estimate of drug-likeness (QED) is 0.747. The second-order valence-electron chi connectivity index (χ2n) is 7.25. The number of pyridine rings is 1. The zero-order chi connectivity index (χ0) is 18.8. The van der Waals surface area contributed by atoms with Gasteiger partial charge in [-0.2, -0.15) is 0 Å². The van der Waals surface area contributed by atoms with Gasteiger partial charge in [0.2, 0.25) is 11.8 Å². The third-order valence-corrected chi connectivity index (χ3v) is 5.11. The van der Waals surface area contributed by atoms with Crippen molar-refractivity contribution in [3.63, 3.8) is 0 Å². The van der Waals surface area contributed by atoms with Crippen molar-refractivity contribution in [2.45, 2.75) is 19.9 Å². The SMILES string of the molecule is CC1CCN(Cc2cccc3c(Oc4ccc(C(N)=O)cn4)cccc23)C1. The van der Waals surface area contributed by atoms with Gasteiger partial charge in [0.05, 0.1) is 5.56 Å². The maximum atomic E-state index is 11.2. The highest BCUT2D eigenvalue weighted by Crippen LogP contribution is 2.32. The second kappa shape index (κ2) is 7.37. The maximum Gasteiger partial charge on any atom is 0.250 e. The molecule has 1 aliphatic heterocycles. The number of carbonyl (C=O) groups excluding carboxylic acids is 1. The molecule has 2 aromatic carbocycles. The summed E-state index contributed by atoms with van der Waals surface area (Å²) in [6.45, 7) is 5.58. The van der Waals surface area contributed by atoms with Crippen molar-refractivity contribution in [2.75, 3.05) is 13.1 Å². The van der Waals surface area contributed by atoms with E-state index in [0.29, 0.717) is 11.4 Å². The largest absolute Gasteiger partial charge is 0.438 e. The molecule has 0 bridgehead atoms. The highest BCUT2D eigenvalue weighted by atomic mass is 16.5. The number of aromatic nitrogens is 1. The van der Waals surface area contributed by atoms with Gasteiger partial charge in [-0.15, -0.1) is 0 Å². The molecule has 3 aromatic rings. The lowest BCUT2D eigenvalue weighted by molar-refractivity contribution is 0.1000. The molecule has 1 aromatic heterocycles. The van der Waals surface area contributed by atoms with Crippen LogP contribution in [0.15, 0.2) is 54.7 Å². The van der Waals surface area contributed by atoms with Gasteiger partial charge in [0.25, 0.3) is 0 Å². The van der Waals surface area contributed by atoms with Crippen LogP contribution in [0.2, 0.25) is 0 Å². The van der Waals surface area contributed by atoms with E-state index < -0.39 is 5.91 Å². The first-order valence-electron chi connectivity index (χ1n) is 9.27. The molecule has 2 N–H and O–H groups in total. The lowest BCUT2D eigenvalue weighted by atomic mass is 10.0. The molecule has 138 valence electrons. The van der Waals surface area contributed by atoms with Gasteiger partial charge in [0.15, 0.2) is 0 Å².